The first-order valence-electron chi connectivity index (χ1n) is 9.42. The molecule has 7 rings (SSSR count). The molecule has 1 aromatic carbocycles. The van der Waals surface area contributed by atoms with Crippen molar-refractivity contribution in [3.63, 3.8) is 0 Å². The lowest BCUT2D eigenvalue weighted by Crippen LogP contribution is -2.67. The van der Waals surface area contributed by atoms with Crippen LogP contribution in [0.2, 0.25) is 0 Å². The minimum Gasteiger partial charge on any atom is -0.486 e. The van der Waals surface area contributed by atoms with Gasteiger partial charge in [-0.3, -0.25) is 0 Å². The molecule has 0 amide bonds. The van der Waals surface area contributed by atoms with Crippen LogP contribution in [0.25, 0.3) is 21.7 Å². The molecule has 6 heterocycles. The summed E-state index contributed by atoms with van der Waals surface area (Å²) in [7, 11) is 0. The third-order valence-corrected chi connectivity index (χ3v) is 6.34. The minimum atomic E-state index is 0.0749. The number of benzene rings is 1. The summed E-state index contributed by atoms with van der Waals surface area (Å²) < 4.78 is 17.9. The van der Waals surface area contributed by atoms with Gasteiger partial charge in [-0.1, -0.05) is 0 Å². The summed E-state index contributed by atoms with van der Waals surface area (Å²) in [6.45, 7) is 3.24. The van der Waals surface area contributed by atoms with E-state index in [1.54, 1.807) is 11.3 Å². The Morgan fingerprint density at radius 1 is 1.26 bits per heavy atom. The monoisotopic (exact) mass is 384 g/mol. The first-order valence-corrected chi connectivity index (χ1v) is 10.3. The van der Waals surface area contributed by atoms with Crippen LogP contribution in [0.3, 0.4) is 0 Å². The normalized spacial score (nSPS) is 27.1. The van der Waals surface area contributed by atoms with Gasteiger partial charge in [-0.2, -0.15) is 4.98 Å². The summed E-state index contributed by atoms with van der Waals surface area (Å²) in [5, 5.41) is 6.45. The molecule has 0 aliphatic carbocycles. The Hall–Kier alpha value is -2.16. The van der Waals surface area contributed by atoms with E-state index in [4.69, 9.17) is 18.9 Å². The van der Waals surface area contributed by atoms with E-state index in [9.17, 15) is 0 Å². The Bertz CT molecular complexity index is 951. The van der Waals surface area contributed by atoms with Crippen molar-refractivity contribution >= 4 is 28.5 Å². The Balaban J connectivity index is 1.43. The third kappa shape index (κ3) is 2.70. The quantitative estimate of drug-likeness (QED) is 0.741. The zero-order valence-corrected chi connectivity index (χ0v) is 15.6. The van der Waals surface area contributed by atoms with Gasteiger partial charge >= 0.3 is 0 Å². The number of anilines is 1. The SMILES string of the molecule is c1csc(-c2ccc(O[C@@H]3CCOC3)c3nc(N4CC5CC(C4)N5)oc23)n1. The van der Waals surface area contributed by atoms with Gasteiger partial charge in [-0.05, 0) is 18.6 Å². The summed E-state index contributed by atoms with van der Waals surface area (Å²) in [6, 6.07) is 5.78. The lowest BCUT2D eigenvalue weighted by Gasteiger charge is -2.47. The largest absolute Gasteiger partial charge is 0.486 e. The van der Waals surface area contributed by atoms with Gasteiger partial charge in [-0.25, -0.2) is 4.98 Å². The first-order chi connectivity index (χ1) is 13.3. The van der Waals surface area contributed by atoms with Gasteiger partial charge in [0.25, 0.3) is 6.01 Å². The molecule has 7 nitrogen and oxygen atoms in total. The summed E-state index contributed by atoms with van der Waals surface area (Å²) in [6.07, 6.45) is 4.04. The molecule has 3 atom stereocenters. The highest BCUT2D eigenvalue weighted by Gasteiger charge is 2.38. The van der Waals surface area contributed by atoms with Gasteiger partial charge in [-0.15, -0.1) is 11.3 Å². The number of nitrogens with one attached hydrogen (secondary N) is 1. The average Bonchev–Trinajstić information content (AvgIpc) is 3.43. The minimum absolute atomic E-state index is 0.0749. The van der Waals surface area contributed by atoms with Crippen molar-refractivity contribution in [3.8, 4) is 16.3 Å². The fourth-order valence-electron chi connectivity index (χ4n) is 4.18. The fourth-order valence-corrected chi connectivity index (χ4v) is 4.84. The third-order valence-electron chi connectivity index (χ3n) is 5.53. The van der Waals surface area contributed by atoms with Crippen molar-refractivity contribution in [2.75, 3.05) is 31.2 Å². The maximum Gasteiger partial charge on any atom is 0.298 e. The van der Waals surface area contributed by atoms with Gasteiger partial charge in [0.1, 0.15) is 16.9 Å². The van der Waals surface area contributed by atoms with Crippen LogP contribution in [0, 0.1) is 0 Å². The van der Waals surface area contributed by atoms with Crippen LogP contribution in [0.1, 0.15) is 12.8 Å². The molecule has 2 aromatic heterocycles. The molecule has 8 heteroatoms. The van der Waals surface area contributed by atoms with Crippen LogP contribution in [-0.4, -0.2) is 54.5 Å². The molecule has 2 bridgehead atoms. The molecule has 4 saturated heterocycles. The van der Waals surface area contributed by atoms with Crippen molar-refractivity contribution in [2.45, 2.75) is 31.0 Å². The van der Waals surface area contributed by atoms with Gasteiger partial charge in [0.15, 0.2) is 11.1 Å². The second kappa shape index (κ2) is 6.19. The van der Waals surface area contributed by atoms with Crippen LogP contribution >= 0.6 is 11.3 Å². The number of nitrogens with zero attached hydrogens (tertiary/aromatic N) is 3. The van der Waals surface area contributed by atoms with Crippen molar-refractivity contribution in [3.05, 3.63) is 23.7 Å². The summed E-state index contributed by atoms with van der Waals surface area (Å²) in [4.78, 5) is 11.5. The van der Waals surface area contributed by atoms with Gasteiger partial charge < -0.3 is 24.1 Å². The zero-order valence-electron chi connectivity index (χ0n) is 14.8. The lowest BCUT2D eigenvalue weighted by atomic mass is 9.92. The van der Waals surface area contributed by atoms with Crippen LogP contribution in [0.4, 0.5) is 6.01 Å². The summed E-state index contributed by atoms with van der Waals surface area (Å²) in [5.41, 5.74) is 2.49. The Morgan fingerprint density at radius 3 is 2.89 bits per heavy atom. The highest BCUT2D eigenvalue weighted by Crippen LogP contribution is 2.39. The van der Waals surface area contributed by atoms with Crippen LogP contribution in [-0.2, 0) is 4.74 Å². The fraction of sp³-hybridized carbons (Fsp3) is 0.474. The highest BCUT2D eigenvalue weighted by molar-refractivity contribution is 7.13. The van der Waals surface area contributed by atoms with E-state index in [1.165, 1.54) is 6.42 Å². The maximum atomic E-state index is 6.28. The van der Waals surface area contributed by atoms with Crippen molar-refractivity contribution < 1.29 is 13.9 Å². The molecule has 2 unspecified atom stereocenters. The smallest absolute Gasteiger partial charge is 0.298 e. The number of thiazole rings is 1. The predicted octanol–water partition coefficient (Wildman–Crippen LogP) is 2.67. The van der Waals surface area contributed by atoms with Crippen LogP contribution < -0.4 is 15.0 Å². The number of hydrogen-bond donors (Lipinski definition) is 1. The predicted molar refractivity (Wildman–Crippen MR) is 103 cm³/mol. The number of aromatic nitrogens is 2. The van der Waals surface area contributed by atoms with Crippen molar-refractivity contribution in [2.24, 2.45) is 0 Å². The topological polar surface area (TPSA) is 72.7 Å². The van der Waals surface area contributed by atoms with E-state index >= 15 is 0 Å². The van der Waals surface area contributed by atoms with E-state index in [-0.39, 0.29) is 6.10 Å². The van der Waals surface area contributed by atoms with Crippen LogP contribution in [0.5, 0.6) is 5.75 Å². The number of hydrogen-bond acceptors (Lipinski definition) is 8. The molecule has 0 saturated carbocycles. The Labute approximate surface area is 160 Å². The second-order valence-corrected chi connectivity index (χ2v) is 8.32. The Kier molecular flexibility index (Phi) is 3.63. The average molecular weight is 384 g/mol. The standard InChI is InChI=1S/C19H20N4O3S/c1-2-15(25-13-3-5-24-10-13)16-17(14(1)18-20-4-6-27-18)26-19(22-16)23-8-11-7-12(9-23)21-11/h1-2,4,6,11-13,21H,3,5,7-10H2/t11?,12?,13-/m1/s1. The molecule has 27 heavy (non-hydrogen) atoms. The first kappa shape index (κ1) is 15.9. The van der Waals surface area contributed by atoms with Gasteiger partial charge in [0, 0.05) is 43.2 Å². The lowest BCUT2D eigenvalue weighted by molar-refractivity contribution is 0.142. The summed E-state index contributed by atoms with van der Waals surface area (Å²) >= 11 is 1.60. The number of rotatable bonds is 4. The number of fused-ring (bicyclic) bond motifs is 3. The molecule has 3 aromatic rings. The number of oxazole rings is 1. The maximum absolute atomic E-state index is 6.28. The molecule has 4 fully saturated rings. The van der Waals surface area contributed by atoms with E-state index in [0.717, 1.165) is 53.5 Å². The highest BCUT2D eigenvalue weighted by atomic mass is 32.1. The molecule has 1 N–H and O–H groups in total. The van der Waals surface area contributed by atoms with E-state index in [1.807, 2.05) is 23.7 Å². The molecule has 4 aliphatic heterocycles. The Morgan fingerprint density at radius 2 is 2.15 bits per heavy atom. The van der Waals surface area contributed by atoms with Crippen LogP contribution in [0.15, 0.2) is 28.1 Å². The van der Waals surface area contributed by atoms with E-state index in [2.05, 4.69) is 15.2 Å². The second-order valence-electron chi connectivity index (χ2n) is 7.43. The molecular formula is C19H20N4O3S. The molecule has 4 aliphatic rings. The van der Waals surface area contributed by atoms with Crippen molar-refractivity contribution in [1.29, 1.82) is 0 Å². The molecule has 0 spiro atoms. The number of piperidine rings is 1. The van der Waals surface area contributed by atoms with Gasteiger partial charge in [0.2, 0.25) is 0 Å². The van der Waals surface area contributed by atoms with E-state index < -0.39 is 0 Å². The number of ether oxygens (including phenoxy) is 2. The molecular weight excluding hydrogens is 364 g/mol. The zero-order chi connectivity index (χ0) is 17.8. The van der Waals surface area contributed by atoms with Crippen molar-refractivity contribution in [1.82, 2.24) is 15.3 Å². The van der Waals surface area contributed by atoms with Gasteiger partial charge in [0.05, 0.1) is 18.8 Å². The molecule has 140 valence electrons. The molecule has 0 radical (unpaired) electrons. The van der Waals surface area contributed by atoms with E-state index in [0.29, 0.717) is 24.7 Å². The number of piperazine rings is 1. The summed E-state index contributed by atoms with van der Waals surface area (Å²) in [5.74, 6) is 0.760.